The zero-order valence-corrected chi connectivity index (χ0v) is 5.52. The summed E-state index contributed by atoms with van der Waals surface area (Å²) in [6, 6.07) is 0. The van der Waals surface area contributed by atoms with Crippen LogP contribution < -0.4 is 0 Å². The zero-order chi connectivity index (χ0) is 6.69. The summed E-state index contributed by atoms with van der Waals surface area (Å²) in [5.41, 5.74) is 0. The maximum absolute atomic E-state index is 12.6. The second-order valence-electron chi connectivity index (χ2n) is 2.72. The molecule has 1 fully saturated rings. The Morgan fingerprint density at radius 1 is 1.11 bits per heavy atom. The number of halogens is 1. The fourth-order valence-electron chi connectivity index (χ4n) is 1.24. The Labute approximate surface area is 54.9 Å². The molecular weight excluding hydrogens is 119 g/mol. The highest BCUT2D eigenvalue weighted by atomic mass is 19.1. The Morgan fingerprint density at radius 2 is 1.78 bits per heavy atom. The molecule has 0 saturated heterocycles. The minimum absolute atomic E-state index is 0.557. The molecule has 9 heavy (non-hydrogen) atoms. The summed E-state index contributed by atoms with van der Waals surface area (Å²) in [5, 5.41) is 8.98. The van der Waals surface area contributed by atoms with E-state index in [1.54, 1.807) is 0 Å². The molecule has 0 amide bonds. The quantitative estimate of drug-likeness (QED) is 0.497. The maximum atomic E-state index is 12.6. The molecule has 1 aliphatic rings. The van der Waals surface area contributed by atoms with Gasteiger partial charge in [0.1, 0.15) is 6.17 Å². The van der Waals surface area contributed by atoms with Gasteiger partial charge in [-0.3, -0.25) is 0 Å². The van der Waals surface area contributed by atoms with Gasteiger partial charge in [-0.1, -0.05) is 19.3 Å². The van der Waals surface area contributed by atoms with Gasteiger partial charge < -0.3 is 5.11 Å². The van der Waals surface area contributed by atoms with Crippen LogP contribution in [0.5, 0.6) is 0 Å². The van der Waals surface area contributed by atoms with E-state index in [9.17, 15) is 4.39 Å². The third kappa shape index (κ3) is 1.94. The molecule has 2 heteroatoms. The number of alkyl halides is 1. The molecule has 1 unspecified atom stereocenters. The largest absolute Gasteiger partial charge is 0.390 e. The molecule has 0 aromatic carbocycles. The summed E-state index contributed by atoms with van der Waals surface area (Å²) < 4.78 is 12.6. The van der Waals surface area contributed by atoms with Gasteiger partial charge in [-0.05, 0) is 12.8 Å². The van der Waals surface area contributed by atoms with E-state index in [0.717, 1.165) is 19.3 Å². The molecule has 0 bridgehead atoms. The van der Waals surface area contributed by atoms with Crippen LogP contribution >= 0.6 is 0 Å². The first-order valence-corrected chi connectivity index (χ1v) is 3.63. The highest BCUT2D eigenvalue weighted by Gasteiger charge is 2.19. The second kappa shape index (κ2) is 3.16. The van der Waals surface area contributed by atoms with E-state index in [1.165, 1.54) is 0 Å². The second-order valence-corrected chi connectivity index (χ2v) is 2.72. The van der Waals surface area contributed by atoms with E-state index in [-0.39, 0.29) is 0 Å². The fourth-order valence-corrected chi connectivity index (χ4v) is 1.24. The Balaban J connectivity index is 2.32. The Morgan fingerprint density at radius 3 is 2.56 bits per heavy atom. The van der Waals surface area contributed by atoms with Crippen LogP contribution in [0.3, 0.4) is 0 Å². The van der Waals surface area contributed by atoms with E-state index in [4.69, 9.17) is 5.11 Å². The van der Waals surface area contributed by atoms with Crippen LogP contribution in [0.1, 0.15) is 32.1 Å². The van der Waals surface area contributed by atoms with Gasteiger partial charge in [0.05, 0.1) is 6.10 Å². The number of rotatable bonds is 0. The van der Waals surface area contributed by atoms with Gasteiger partial charge in [-0.15, -0.1) is 0 Å². The first-order chi connectivity index (χ1) is 4.30. The summed E-state index contributed by atoms with van der Waals surface area (Å²) in [7, 11) is 0. The standard InChI is InChI=1S/C7H13FO/c8-6-4-2-1-3-5-7(6)9/h6-7,9H,1-5H2/t6-,7?/m1/s1. The highest BCUT2D eigenvalue weighted by Crippen LogP contribution is 2.19. The number of hydrogen-bond acceptors (Lipinski definition) is 1. The molecular formula is C7H13FO. The van der Waals surface area contributed by atoms with Crippen LogP contribution in [-0.2, 0) is 0 Å². The van der Waals surface area contributed by atoms with Gasteiger partial charge in [0.15, 0.2) is 0 Å². The molecule has 1 N–H and O–H groups in total. The van der Waals surface area contributed by atoms with E-state index in [0.29, 0.717) is 12.8 Å². The molecule has 1 rings (SSSR count). The number of hydrogen-bond donors (Lipinski definition) is 1. The lowest BCUT2D eigenvalue weighted by atomic mass is 10.1. The first-order valence-electron chi connectivity index (χ1n) is 3.63. The summed E-state index contributed by atoms with van der Waals surface area (Å²) in [5.74, 6) is 0. The predicted octanol–water partition coefficient (Wildman–Crippen LogP) is 1.65. The van der Waals surface area contributed by atoms with Gasteiger partial charge >= 0.3 is 0 Å². The Bertz CT molecular complexity index is 75.0. The van der Waals surface area contributed by atoms with Crippen LogP contribution in [0.2, 0.25) is 0 Å². The monoisotopic (exact) mass is 132 g/mol. The van der Waals surface area contributed by atoms with Crippen molar-refractivity contribution in [2.45, 2.75) is 44.4 Å². The van der Waals surface area contributed by atoms with Gasteiger partial charge in [-0.25, -0.2) is 4.39 Å². The van der Waals surface area contributed by atoms with E-state index >= 15 is 0 Å². The maximum Gasteiger partial charge on any atom is 0.126 e. The normalized spacial score (nSPS) is 38.0. The van der Waals surface area contributed by atoms with Gasteiger partial charge in [0.25, 0.3) is 0 Å². The smallest absolute Gasteiger partial charge is 0.126 e. The van der Waals surface area contributed by atoms with Crippen molar-refractivity contribution in [2.75, 3.05) is 0 Å². The number of aliphatic hydroxyl groups is 1. The summed E-state index contributed by atoms with van der Waals surface area (Å²) in [6.45, 7) is 0. The molecule has 0 heterocycles. The van der Waals surface area contributed by atoms with Crippen molar-refractivity contribution >= 4 is 0 Å². The average molecular weight is 132 g/mol. The van der Waals surface area contributed by atoms with Gasteiger partial charge in [0.2, 0.25) is 0 Å². The molecule has 1 saturated carbocycles. The van der Waals surface area contributed by atoms with Crippen LogP contribution in [0.15, 0.2) is 0 Å². The SMILES string of the molecule is OC1CCCCC[C@H]1F. The molecule has 0 aromatic rings. The molecule has 0 radical (unpaired) electrons. The van der Waals surface area contributed by atoms with Gasteiger partial charge in [-0.2, -0.15) is 0 Å². The Hall–Kier alpha value is -0.110. The molecule has 0 aromatic heterocycles. The third-order valence-corrected chi connectivity index (χ3v) is 1.90. The van der Waals surface area contributed by atoms with Crippen LogP contribution in [0, 0.1) is 0 Å². The minimum Gasteiger partial charge on any atom is -0.390 e. The lowest BCUT2D eigenvalue weighted by Gasteiger charge is -2.09. The summed E-state index contributed by atoms with van der Waals surface area (Å²) in [6.07, 6.45) is 2.60. The molecule has 0 spiro atoms. The van der Waals surface area contributed by atoms with E-state index in [2.05, 4.69) is 0 Å². The van der Waals surface area contributed by atoms with Crippen molar-refractivity contribution in [3.05, 3.63) is 0 Å². The van der Waals surface area contributed by atoms with Crippen molar-refractivity contribution in [1.29, 1.82) is 0 Å². The van der Waals surface area contributed by atoms with E-state index in [1.807, 2.05) is 0 Å². The van der Waals surface area contributed by atoms with Crippen molar-refractivity contribution in [3.63, 3.8) is 0 Å². The lowest BCUT2D eigenvalue weighted by Crippen LogP contribution is -2.19. The molecule has 1 aliphatic carbocycles. The van der Waals surface area contributed by atoms with Crippen LogP contribution in [-0.4, -0.2) is 17.4 Å². The topological polar surface area (TPSA) is 20.2 Å². The average Bonchev–Trinajstić information content (AvgIpc) is 1.99. The molecule has 0 aliphatic heterocycles. The van der Waals surface area contributed by atoms with Crippen LogP contribution in [0.4, 0.5) is 4.39 Å². The van der Waals surface area contributed by atoms with E-state index < -0.39 is 12.3 Å². The summed E-state index contributed by atoms with van der Waals surface area (Å²) in [4.78, 5) is 0. The molecule has 2 atom stereocenters. The highest BCUT2D eigenvalue weighted by molar-refractivity contribution is 4.71. The van der Waals surface area contributed by atoms with Crippen molar-refractivity contribution < 1.29 is 9.50 Å². The number of aliphatic hydroxyl groups excluding tert-OH is 1. The van der Waals surface area contributed by atoms with Crippen molar-refractivity contribution in [3.8, 4) is 0 Å². The lowest BCUT2D eigenvalue weighted by molar-refractivity contribution is 0.0724. The third-order valence-electron chi connectivity index (χ3n) is 1.90. The van der Waals surface area contributed by atoms with Crippen LogP contribution in [0.25, 0.3) is 0 Å². The molecule has 54 valence electrons. The summed E-state index contributed by atoms with van der Waals surface area (Å²) >= 11 is 0. The Kier molecular flexibility index (Phi) is 2.46. The fraction of sp³-hybridized carbons (Fsp3) is 1.00. The molecule has 1 nitrogen and oxygen atoms in total. The predicted molar refractivity (Wildman–Crippen MR) is 34.0 cm³/mol. The first kappa shape index (κ1) is 7.00. The van der Waals surface area contributed by atoms with Crippen molar-refractivity contribution in [1.82, 2.24) is 0 Å². The zero-order valence-electron chi connectivity index (χ0n) is 5.52. The van der Waals surface area contributed by atoms with Crippen molar-refractivity contribution in [2.24, 2.45) is 0 Å². The van der Waals surface area contributed by atoms with Gasteiger partial charge in [0, 0.05) is 0 Å². The minimum atomic E-state index is -0.951.